The maximum atomic E-state index is 12.5. The molecule has 0 saturated heterocycles. The van der Waals surface area contributed by atoms with Crippen LogP contribution in [0.3, 0.4) is 0 Å². The molecular weight excluding hydrogens is 1080 g/mol. The number of aliphatic hydroxyl groups excluding tert-OH is 2. The molecule has 0 radical (unpaired) electrons. The van der Waals surface area contributed by atoms with Gasteiger partial charge in [-0.05, 0) is 83.5 Å². The van der Waals surface area contributed by atoms with Crippen LogP contribution >= 0.6 is 0 Å². The van der Waals surface area contributed by atoms with Crippen LogP contribution in [0.1, 0.15) is 450 Å². The van der Waals surface area contributed by atoms with Gasteiger partial charge in [-0.25, -0.2) is 0 Å². The van der Waals surface area contributed by atoms with Crippen LogP contribution in [0.5, 0.6) is 0 Å². The van der Waals surface area contributed by atoms with Crippen molar-refractivity contribution in [3.8, 4) is 0 Å². The number of hydrogen-bond acceptors (Lipinski definition) is 5. The van der Waals surface area contributed by atoms with Gasteiger partial charge < -0.3 is 20.3 Å². The number of nitrogens with one attached hydrogen (secondary N) is 1. The van der Waals surface area contributed by atoms with E-state index in [1.165, 1.54) is 366 Å². The molecule has 0 heterocycles. The molecule has 0 saturated carbocycles. The van der Waals surface area contributed by atoms with Gasteiger partial charge >= 0.3 is 5.97 Å². The Morgan fingerprint density at radius 1 is 0.318 bits per heavy atom. The summed E-state index contributed by atoms with van der Waals surface area (Å²) in [6.07, 6.45) is 101. The van der Waals surface area contributed by atoms with E-state index < -0.39 is 12.1 Å². The number of allylic oxidation sites excluding steroid dienone is 6. The van der Waals surface area contributed by atoms with Crippen molar-refractivity contribution in [1.29, 1.82) is 0 Å². The summed E-state index contributed by atoms with van der Waals surface area (Å²) in [7, 11) is 0. The second kappa shape index (κ2) is 77.5. The predicted molar refractivity (Wildman–Crippen MR) is 389 cm³/mol. The largest absolute Gasteiger partial charge is 0.466 e. The molecule has 0 aromatic carbocycles. The van der Waals surface area contributed by atoms with Crippen molar-refractivity contribution < 1.29 is 24.5 Å². The Hall–Kier alpha value is -1.92. The predicted octanol–water partition coefficient (Wildman–Crippen LogP) is 26.6. The fraction of sp³-hybridized carbons (Fsp3) is 0.902. The van der Waals surface area contributed by atoms with Crippen molar-refractivity contribution >= 4 is 11.9 Å². The van der Waals surface area contributed by atoms with Gasteiger partial charge in [0.25, 0.3) is 0 Å². The van der Waals surface area contributed by atoms with Gasteiger partial charge in [0.2, 0.25) is 5.91 Å². The first-order valence-corrected chi connectivity index (χ1v) is 40.2. The number of carbonyl (C=O) groups excluding carboxylic acids is 2. The lowest BCUT2D eigenvalue weighted by atomic mass is 10.0. The third-order valence-corrected chi connectivity index (χ3v) is 18.9. The first kappa shape index (κ1) is 86.1. The summed E-state index contributed by atoms with van der Waals surface area (Å²) >= 11 is 0. The molecule has 0 aromatic rings. The van der Waals surface area contributed by atoms with Crippen LogP contribution in [0, 0.1) is 0 Å². The highest BCUT2D eigenvalue weighted by Gasteiger charge is 2.20. The smallest absolute Gasteiger partial charge is 0.305 e. The number of ether oxygens (including phenoxy) is 1. The number of hydrogen-bond donors (Lipinski definition) is 3. The van der Waals surface area contributed by atoms with Crippen LogP contribution in [-0.4, -0.2) is 47.4 Å². The number of esters is 1. The number of carbonyl (C=O) groups is 2. The maximum absolute atomic E-state index is 12.5. The van der Waals surface area contributed by atoms with Gasteiger partial charge in [0, 0.05) is 12.8 Å². The van der Waals surface area contributed by atoms with E-state index in [-0.39, 0.29) is 18.5 Å². The zero-order chi connectivity index (χ0) is 63.5. The minimum absolute atomic E-state index is 0.0172. The monoisotopic (exact) mass is 1240 g/mol. The highest BCUT2D eigenvalue weighted by molar-refractivity contribution is 5.76. The Labute approximate surface area is 551 Å². The van der Waals surface area contributed by atoms with Crippen LogP contribution in [0.4, 0.5) is 0 Å². The highest BCUT2D eigenvalue weighted by atomic mass is 16.5. The van der Waals surface area contributed by atoms with Crippen molar-refractivity contribution in [3.63, 3.8) is 0 Å². The van der Waals surface area contributed by atoms with Crippen LogP contribution in [0.15, 0.2) is 36.5 Å². The number of unbranched alkanes of at least 4 members (excludes halogenated alkanes) is 59. The summed E-state index contributed by atoms with van der Waals surface area (Å²) in [6.45, 7) is 4.97. The Morgan fingerprint density at radius 3 is 0.898 bits per heavy atom. The standard InChI is InChI=1S/C82H157NO5/c1-3-5-7-9-11-13-15-17-19-21-39-44-48-52-56-60-64-68-72-76-82(87)88-77-73-69-65-61-57-53-49-45-41-38-36-34-32-30-28-26-24-22-23-25-27-29-31-33-35-37-40-43-47-51-55-59-63-67-71-75-81(86)83-79(78-84)80(85)74-70-66-62-58-54-50-46-42-20-18-16-14-12-10-8-6-4-2/h11,13,17,19,24,26,79-80,84-85H,3-10,12,14-16,18,20-23,25,27-78H2,1-2H3,(H,83,86)/b13-11-,19-17-,26-24-. The molecule has 6 heteroatoms. The Morgan fingerprint density at radius 2 is 0.568 bits per heavy atom. The molecule has 3 N–H and O–H groups in total. The van der Waals surface area contributed by atoms with Crippen molar-refractivity contribution in [3.05, 3.63) is 36.5 Å². The van der Waals surface area contributed by atoms with Crippen LogP contribution in [0.25, 0.3) is 0 Å². The number of amides is 1. The molecule has 2 unspecified atom stereocenters. The molecule has 6 nitrogen and oxygen atoms in total. The molecule has 2 atom stereocenters. The molecule has 88 heavy (non-hydrogen) atoms. The van der Waals surface area contributed by atoms with Crippen molar-refractivity contribution in [2.45, 2.75) is 463 Å². The molecular formula is C82H157NO5. The number of aliphatic hydroxyl groups is 2. The lowest BCUT2D eigenvalue weighted by Gasteiger charge is -2.22. The van der Waals surface area contributed by atoms with Crippen LogP contribution in [-0.2, 0) is 14.3 Å². The van der Waals surface area contributed by atoms with Crippen LogP contribution in [0.2, 0.25) is 0 Å². The maximum Gasteiger partial charge on any atom is 0.305 e. The number of rotatable bonds is 76. The summed E-state index contributed by atoms with van der Waals surface area (Å²) in [5, 5.41) is 23.4. The first-order chi connectivity index (χ1) is 43.5. The lowest BCUT2D eigenvalue weighted by molar-refractivity contribution is -0.143. The summed E-state index contributed by atoms with van der Waals surface area (Å²) in [5.41, 5.74) is 0. The third kappa shape index (κ3) is 73.1. The Bertz CT molecular complexity index is 1430. The van der Waals surface area contributed by atoms with E-state index in [4.69, 9.17) is 4.74 Å². The molecule has 1 amide bonds. The van der Waals surface area contributed by atoms with Gasteiger partial charge in [0.15, 0.2) is 0 Å². The van der Waals surface area contributed by atoms with Gasteiger partial charge in [-0.15, -0.1) is 0 Å². The molecule has 0 aliphatic carbocycles. The molecule has 520 valence electrons. The van der Waals surface area contributed by atoms with Gasteiger partial charge in [-0.1, -0.05) is 391 Å². The van der Waals surface area contributed by atoms with Crippen LogP contribution < -0.4 is 5.32 Å². The minimum Gasteiger partial charge on any atom is -0.466 e. The van der Waals surface area contributed by atoms with Gasteiger partial charge in [0.05, 0.1) is 25.4 Å². The second-order valence-electron chi connectivity index (χ2n) is 27.7. The van der Waals surface area contributed by atoms with E-state index in [0.29, 0.717) is 25.9 Å². The molecule has 0 spiro atoms. The topological polar surface area (TPSA) is 95.9 Å². The molecule has 0 rings (SSSR count). The van der Waals surface area contributed by atoms with E-state index in [0.717, 1.165) is 51.4 Å². The van der Waals surface area contributed by atoms with Gasteiger partial charge in [0.1, 0.15) is 0 Å². The van der Waals surface area contributed by atoms with E-state index in [1.54, 1.807) is 0 Å². The minimum atomic E-state index is -0.662. The summed E-state index contributed by atoms with van der Waals surface area (Å²) in [6, 6.07) is -0.539. The van der Waals surface area contributed by atoms with E-state index in [2.05, 4.69) is 55.6 Å². The van der Waals surface area contributed by atoms with Crippen molar-refractivity contribution in [1.82, 2.24) is 5.32 Å². The second-order valence-corrected chi connectivity index (χ2v) is 27.7. The zero-order valence-corrected chi connectivity index (χ0v) is 59.7. The summed E-state index contributed by atoms with van der Waals surface area (Å²) in [4.78, 5) is 24.7. The fourth-order valence-corrected chi connectivity index (χ4v) is 12.8. The SMILES string of the molecule is CCCCC/C=C\C/C=C\CCCCCCCCCCCC(=O)OCCCCCCCCCCCCCCCC/C=C\CCCCCCCCCCCCCCCCCCCC(=O)NC(CO)C(O)CCCCCCCCCCCCCCCCCCC. The van der Waals surface area contributed by atoms with E-state index in [9.17, 15) is 19.8 Å². The molecule has 0 bridgehead atoms. The lowest BCUT2D eigenvalue weighted by Crippen LogP contribution is -2.45. The zero-order valence-electron chi connectivity index (χ0n) is 59.7. The van der Waals surface area contributed by atoms with Crippen molar-refractivity contribution in [2.24, 2.45) is 0 Å². The fourth-order valence-electron chi connectivity index (χ4n) is 12.8. The first-order valence-electron chi connectivity index (χ1n) is 40.2. The summed E-state index contributed by atoms with van der Waals surface area (Å²) in [5.74, 6) is -0.0102. The van der Waals surface area contributed by atoms with Gasteiger partial charge in [-0.3, -0.25) is 9.59 Å². The summed E-state index contributed by atoms with van der Waals surface area (Å²) < 4.78 is 5.52. The average Bonchev–Trinajstić information content (AvgIpc) is 3.58. The highest BCUT2D eigenvalue weighted by Crippen LogP contribution is 2.20. The molecule has 0 aromatic heterocycles. The Balaban J connectivity index is 3.33. The van der Waals surface area contributed by atoms with Crippen molar-refractivity contribution in [2.75, 3.05) is 13.2 Å². The quantitative estimate of drug-likeness (QED) is 0.0320. The molecule has 0 aliphatic heterocycles. The molecule has 0 aliphatic rings. The Kier molecular flexibility index (Phi) is 75.8. The van der Waals surface area contributed by atoms with Gasteiger partial charge in [-0.2, -0.15) is 0 Å². The van der Waals surface area contributed by atoms with E-state index in [1.807, 2.05) is 0 Å². The molecule has 0 fully saturated rings. The normalized spacial score (nSPS) is 12.6. The average molecular weight is 1240 g/mol. The third-order valence-electron chi connectivity index (χ3n) is 18.9. The van der Waals surface area contributed by atoms with E-state index >= 15 is 0 Å².